The van der Waals surface area contributed by atoms with Gasteiger partial charge in [-0.25, -0.2) is 0 Å². The third-order valence-electron chi connectivity index (χ3n) is 2.87. The van der Waals surface area contributed by atoms with Gasteiger partial charge in [0.25, 0.3) is 0 Å². The van der Waals surface area contributed by atoms with Crippen LogP contribution >= 0.6 is 0 Å². The summed E-state index contributed by atoms with van der Waals surface area (Å²) in [5.41, 5.74) is 0. The number of carbonyl (C=O) groups excluding carboxylic acids is 1. The maximum atomic E-state index is 10.9. The first-order valence-corrected chi connectivity index (χ1v) is 5.62. The van der Waals surface area contributed by atoms with E-state index in [9.17, 15) is 4.79 Å². The number of hydrogen-bond acceptors (Lipinski definition) is 3. The predicted molar refractivity (Wildman–Crippen MR) is 60.6 cm³/mol. The van der Waals surface area contributed by atoms with Gasteiger partial charge in [0.15, 0.2) is 0 Å². The molecule has 1 aliphatic rings. The highest BCUT2D eigenvalue weighted by Gasteiger charge is 2.13. The Morgan fingerprint density at radius 2 is 2.33 bits per heavy atom. The molecule has 0 radical (unpaired) electrons. The van der Waals surface area contributed by atoms with E-state index in [0.29, 0.717) is 6.42 Å². The van der Waals surface area contributed by atoms with Gasteiger partial charge >= 0.3 is 5.97 Å². The summed E-state index contributed by atoms with van der Waals surface area (Å²) in [6.07, 6.45) is 8.68. The molecule has 3 nitrogen and oxygen atoms in total. The van der Waals surface area contributed by atoms with Crippen molar-refractivity contribution >= 4 is 5.97 Å². The highest BCUT2D eigenvalue weighted by atomic mass is 16.5. The molecule has 0 aliphatic heterocycles. The highest BCUT2D eigenvalue weighted by molar-refractivity contribution is 5.69. The Labute approximate surface area is 92.1 Å². The van der Waals surface area contributed by atoms with Crippen molar-refractivity contribution in [2.45, 2.75) is 25.7 Å². The second-order valence-electron chi connectivity index (χ2n) is 4.24. The van der Waals surface area contributed by atoms with Gasteiger partial charge in [-0.15, -0.1) is 0 Å². The van der Waals surface area contributed by atoms with E-state index in [4.69, 9.17) is 0 Å². The maximum absolute atomic E-state index is 10.9. The molecule has 0 saturated carbocycles. The van der Waals surface area contributed by atoms with Crippen LogP contribution in [0, 0.1) is 5.92 Å². The molecule has 15 heavy (non-hydrogen) atoms. The van der Waals surface area contributed by atoms with Crippen LogP contribution < -0.4 is 0 Å². The maximum Gasteiger partial charge on any atom is 0.306 e. The van der Waals surface area contributed by atoms with E-state index in [2.05, 4.69) is 28.8 Å². The zero-order valence-corrected chi connectivity index (χ0v) is 9.74. The SMILES string of the molecule is COC(=O)CCN(C)C[C@@H]1CC=CCC1. The topological polar surface area (TPSA) is 29.5 Å². The van der Waals surface area contributed by atoms with Crippen LogP contribution in [0.15, 0.2) is 12.2 Å². The lowest BCUT2D eigenvalue weighted by molar-refractivity contribution is -0.140. The van der Waals surface area contributed by atoms with E-state index in [0.717, 1.165) is 19.0 Å². The van der Waals surface area contributed by atoms with Crippen LogP contribution in [0.25, 0.3) is 0 Å². The number of rotatable bonds is 5. The van der Waals surface area contributed by atoms with Gasteiger partial charge in [-0.05, 0) is 32.2 Å². The average Bonchev–Trinajstić information content (AvgIpc) is 2.27. The summed E-state index contributed by atoms with van der Waals surface area (Å²) < 4.78 is 4.61. The Kier molecular flexibility index (Phi) is 5.40. The molecule has 0 saturated heterocycles. The van der Waals surface area contributed by atoms with Gasteiger partial charge in [0.1, 0.15) is 0 Å². The summed E-state index contributed by atoms with van der Waals surface area (Å²) in [7, 11) is 3.51. The highest BCUT2D eigenvalue weighted by Crippen LogP contribution is 2.18. The number of methoxy groups -OCH3 is 1. The molecule has 0 aromatic carbocycles. The van der Waals surface area contributed by atoms with Crippen molar-refractivity contribution in [3.63, 3.8) is 0 Å². The molecule has 0 N–H and O–H groups in total. The molecule has 1 rings (SSSR count). The monoisotopic (exact) mass is 211 g/mol. The number of nitrogens with zero attached hydrogens (tertiary/aromatic N) is 1. The lowest BCUT2D eigenvalue weighted by atomic mass is 9.94. The molecule has 1 aliphatic carbocycles. The minimum absolute atomic E-state index is 0.120. The molecule has 0 fully saturated rings. The molecule has 0 bridgehead atoms. The van der Waals surface area contributed by atoms with Crippen LogP contribution in [0.3, 0.4) is 0 Å². The Bertz CT molecular complexity index is 226. The molecule has 0 aromatic rings. The molecule has 0 unspecified atom stereocenters. The molecule has 3 heteroatoms. The summed E-state index contributed by atoms with van der Waals surface area (Å²) in [5, 5.41) is 0. The van der Waals surface area contributed by atoms with Crippen LogP contribution in [-0.2, 0) is 9.53 Å². The van der Waals surface area contributed by atoms with Crippen molar-refractivity contribution in [2.75, 3.05) is 27.2 Å². The van der Waals surface area contributed by atoms with Crippen molar-refractivity contribution in [2.24, 2.45) is 5.92 Å². The van der Waals surface area contributed by atoms with E-state index >= 15 is 0 Å². The molecular formula is C12H21NO2. The first-order valence-electron chi connectivity index (χ1n) is 5.62. The molecule has 0 aromatic heterocycles. The summed E-state index contributed by atoms with van der Waals surface area (Å²) >= 11 is 0. The normalized spacial score (nSPS) is 20.6. The number of carbonyl (C=O) groups is 1. The van der Waals surface area contributed by atoms with E-state index in [1.807, 2.05) is 0 Å². The van der Waals surface area contributed by atoms with Crippen LogP contribution in [0.4, 0.5) is 0 Å². The van der Waals surface area contributed by atoms with Gasteiger partial charge in [-0.3, -0.25) is 4.79 Å². The van der Waals surface area contributed by atoms with E-state index in [1.165, 1.54) is 26.4 Å². The number of ether oxygens (including phenoxy) is 1. The Balaban J connectivity index is 2.14. The summed E-state index contributed by atoms with van der Waals surface area (Å²) in [4.78, 5) is 13.2. The Morgan fingerprint density at radius 3 is 2.93 bits per heavy atom. The van der Waals surface area contributed by atoms with Crippen LogP contribution in [0.2, 0.25) is 0 Å². The molecule has 0 amide bonds. The van der Waals surface area contributed by atoms with Crippen LogP contribution in [0.5, 0.6) is 0 Å². The molecule has 0 spiro atoms. The Morgan fingerprint density at radius 1 is 1.53 bits per heavy atom. The van der Waals surface area contributed by atoms with E-state index in [-0.39, 0.29) is 5.97 Å². The van der Waals surface area contributed by atoms with Crippen molar-refractivity contribution in [3.05, 3.63) is 12.2 Å². The third-order valence-corrected chi connectivity index (χ3v) is 2.87. The summed E-state index contributed by atoms with van der Waals surface area (Å²) in [6, 6.07) is 0. The predicted octanol–water partition coefficient (Wildman–Crippen LogP) is 1.84. The minimum atomic E-state index is -0.120. The van der Waals surface area contributed by atoms with Gasteiger partial charge in [0.2, 0.25) is 0 Å². The number of allylic oxidation sites excluding steroid dienone is 2. The van der Waals surface area contributed by atoms with Crippen LogP contribution in [0.1, 0.15) is 25.7 Å². The van der Waals surface area contributed by atoms with Gasteiger partial charge in [-0.2, -0.15) is 0 Å². The van der Waals surface area contributed by atoms with Crippen molar-refractivity contribution in [1.82, 2.24) is 4.90 Å². The first-order chi connectivity index (χ1) is 7.22. The number of hydrogen-bond donors (Lipinski definition) is 0. The third kappa shape index (κ3) is 4.98. The fourth-order valence-corrected chi connectivity index (χ4v) is 1.94. The first kappa shape index (κ1) is 12.2. The lowest BCUT2D eigenvalue weighted by Crippen LogP contribution is -2.28. The Hall–Kier alpha value is -0.830. The van der Waals surface area contributed by atoms with Crippen molar-refractivity contribution in [3.8, 4) is 0 Å². The smallest absolute Gasteiger partial charge is 0.306 e. The van der Waals surface area contributed by atoms with Crippen molar-refractivity contribution in [1.29, 1.82) is 0 Å². The van der Waals surface area contributed by atoms with Gasteiger partial charge in [0.05, 0.1) is 13.5 Å². The second-order valence-corrected chi connectivity index (χ2v) is 4.24. The van der Waals surface area contributed by atoms with Crippen molar-refractivity contribution < 1.29 is 9.53 Å². The second kappa shape index (κ2) is 6.62. The molecule has 86 valence electrons. The fourth-order valence-electron chi connectivity index (χ4n) is 1.94. The molecular weight excluding hydrogens is 190 g/mol. The number of esters is 1. The standard InChI is InChI=1S/C12H21NO2/c1-13(9-8-12(14)15-2)10-11-6-4-3-5-7-11/h3-4,11H,5-10H2,1-2H3/t11-/m1/s1. The molecule has 1 atom stereocenters. The van der Waals surface area contributed by atoms with Gasteiger partial charge in [0, 0.05) is 13.1 Å². The zero-order valence-electron chi connectivity index (χ0n) is 9.74. The quantitative estimate of drug-likeness (QED) is 0.513. The summed E-state index contributed by atoms with van der Waals surface area (Å²) in [6.45, 7) is 1.88. The van der Waals surface area contributed by atoms with Crippen LogP contribution in [-0.4, -0.2) is 38.1 Å². The summed E-state index contributed by atoms with van der Waals surface area (Å²) in [5.74, 6) is 0.642. The van der Waals surface area contributed by atoms with E-state index < -0.39 is 0 Å². The fraction of sp³-hybridized carbons (Fsp3) is 0.750. The lowest BCUT2D eigenvalue weighted by Gasteiger charge is -2.24. The van der Waals surface area contributed by atoms with E-state index in [1.54, 1.807) is 0 Å². The van der Waals surface area contributed by atoms with Gasteiger partial charge in [-0.1, -0.05) is 12.2 Å². The molecule has 0 heterocycles. The largest absolute Gasteiger partial charge is 0.469 e. The minimum Gasteiger partial charge on any atom is -0.469 e. The van der Waals surface area contributed by atoms with Gasteiger partial charge < -0.3 is 9.64 Å². The average molecular weight is 211 g/mol. The zero-order chi connectivity index (χ0) is 11.1.